The minimum absolute atomic E-state index is 0.123. The van der Waals surface area contributed by atoms with Crippen LogP contribution in [0, 0.1) is 6.92 Å². The molecule has 1 aromatic carbocycles. The molecule has 2 aromatic rings. The van der Waals surface area contributed by atoms with E-state index in [9.17, 15) is 13.5 Å². The first-order valence-electron chi connectivity index (χ1n) is 5.87. The van der Waals surface area contributed by atoms with Crippen molar-refractivity contribution >= 4 is 33.0 Å². The number of hydrogen-bond donors (Lipinski definition) is 2. The Hall–Kier alpha value is -0.920. The van der Waals surface area contributed by atoms with E-state index < -0.39 is 10.0 Å². The summed E-state index contributed by atoms with van der Waals surface area (Å²) in [4.78, 5) is 0. The molecule has 0 aliphatic carbocycles. The first kappa shape index (κ1) is 15.5. The summed E-state index contributed by atoms with van der Waals surface area (Å²) in [6.07, 6.45) is 0. The van der Waals surface area contributed by atoms with Crippen LogP contribution in [0.3, 0.4) is 0 Å². The number of rotatable bonds is 5. The van der Waals surface area contributed by atoms with Crippen LogP contribution in [0.5, 0.6) is 0 Å². The molecule has 0 aliphatic heterocycles. The minimum atomic E-state index is -3.58. The van der Waals surface area contributed by atoms with E-state index in [2.05, 4.69) is 4.72 Å². The molecule has 0 fully saturated rings. The fourth-order valence-electron chi connectivity index (χ4n) is 1.69. The van der Waals surface area contributed by atoms with Crippen LogP contribution in [0.4, 0.5) is 0 Å². The van der Waals surface area contributed by atoms with E-state index in [1.54, 1.807) is 37.3 Å². The van der Waals surface area contributed by atoms with Crippen LogP contribution >= 0.6 is 22.9 Å². The molecule has 2 N–H and O–H groups in total. The third kappa shape index (κ3) is 3.39. The van der Waals surface area contributed by atoms with Crippen LogP contribution in [0.1, 0.15) is 16.7 Å². The Morgan fingerprint density at radius 1 is 1.30 bits per heavy atom. The second-order valence-electron chi connectivity index (χ2n) is 4.27. The lowest BCUT2D eigenvalue weighted by Crippen LogP contribution is -2.23. The molecule has 2 rings (SSSR count). The topological polar surface area (TPSA) is 66.4 Å². The van der Waals surface area contributed by atoms with Gasteiger partial charge in [-0.3, -0.25) is 0 Å². The van der Waals surface area contributed by atoms with Gasteiger partial charge in [-0.1, -0.05) is 35.9 Å². The van der Waals surface area contributed by atoms with E-state index in [1.807, 2.05) is 0 Å². The number of aryl methyl sites for hydroxylation is 1. The Kier molecular flexibility index (Phi) is 4.82. The van der Waals surface area contributed by atoms with Crippen LogP contribution < -0.4 is 4.72 Å². The van der Waals surface area contributed by atoms with Gasteiger partial charge in [-0.25, -0.2) is 13.1 Å². The SMILES string of the molecule is Cc1cc(S(=O)(=O)NCc2ccccc2CO)sc1Cl. The Labute approximate surface area is 127 Å². The smallest absolute Gasteiger partial charge is 0.250 e. The number of hydrogen-bond acceptors (Lipinski definition) is 4. The third-order valence-corrected chi connectivity index (χ3v) is 6.27. The average molecular weight is 332 g/mol. The molecule has 1 aromatic heterocycles. The predicted molar refractivity (Wildman–Crippen MR) is 80.5 cm³/mol. The maximum Gasteiger partial charge on any atom is 0.250 e. The second-order valence-corrected chi connectivity index (χ2v) is 7.92. The molecule has 7 heteroatoms. The second kappa shape index (κ2) is 6.24. The lowest BCUT2D eigenvalue weighted by molar-refractivity contribution is 0.280. The van der Waals surface area contributed by atoms with E-state index in [4.69, 9.17) is 11.6 Å². The van der Waals surface area contributed by atoms with E-state index >= 15 is 0 Å². The Balaban J connectivity index is 2.17. The first-order valence-corrected chi connectivity index (χ1v) is 8.55. The zero-order chi connectivity index (χ0) is 14.8. The van der Waals surface area contributed by atoms with Crippen molar-refractivity contribution < 1.29 is 13.5 Å². The van der Waals surface area contributed by atoms with E-state index in [1.165, 1.54) is 0 Å². The van der Waals surface area contributed by atoms with E-state index in [0.717, 1.165) is 22.5 Å². The molecule has 108 valence electrons. The normalized spacial score (nSPS) is 11.8. The first-order chi connectivity index (χ1) is 9.44. The van der Waals surface area contributed by atoms with Crippen molar-refractivity contribution in [1.82, 2.24) is 4.72 Å². The van der Waals surface area contributed by atoms with E-state index in [-0.39, 0.29) is 17.4 Å². The van der Waals surface area contributed by atoms with Gasteiger partial charge in [0.25, 0.3) is 0 Å². The molecule has 4 nitrogen and oxygen atoms in total. The standard InChI is InChI=1S/C13H14ClNO3S2/c1-9-6-12(19-13(9)14)20(17,18)15-7-10-4-2-3-5-11(10)8-16/h2-6,15-16H,7-8H2,1H3. The van der Waals surface area contributed by atoms with Gasteiger partial charge in [-0.2, -0.15) is 0 Å². The number of benzene rings is 1. The third-order valence-electron chi connectivity index (χ3n) is 2.84. The van der Waals surface area contributed by atoms with Crippen molar-refractivity contribution in [3.8, 4) is 0 Å². The van der Waals surface area contributed by atoms with Gasteiger partial charge in [0.15, 0.2) is 0 Å². The Morgan fingerprint density at radius 2 is 1.95 bits per heavy atom. The van der Waals surface area contributed by atoms with Crippen LogP contribution in [0.2, 0.25) is 4.34 Å². The van der Waals surface area contributed by atoms with E-state index in [0.29, 0.717) is 9.90 Å². The Morgan fingerprint density at radius 3 is 2.50 bits per heavy atom. The van der Waals surface area contributed by atoms with Gasteiger partial charge in [-0.15, -0.1) is 11.3 Å². The van der Waals surface area contributed by atoms with Crippen molar-refractivity contribution in [1.29, 1.82) is 0 Å². The number of nitrogens with one attached hydrogen (secondary N) is 1. The predicted octanol–water partition coefficient (Wildman–Crippen LogP) is 2.68. The van der Waals surface area contributed by atoms with Crippen LogP contribution in [-0.4, -0.2) is 13.5 Å². The lowest BCUT2D eigenvalue weighted by atomic mass is 10.1. The molecule has 0 atom stereocenters. The van der Waals surface area contributed by atoms with Crippen LogP contribution in [-0.2, 0) is 23.2 Å². The fraction of sp³-hybridized carbons (Fsp3) is 0.231. The van der Waals surface area contributed by atoms with Gasteiger partial charge in [0.1, 0.15) is 4.21 Å². The summed E-state index contributed by atoms with van der Waals surface area (Å²) in [5.41, 5.74) is 2.20. The Bertz CT molecular complexity index is 691. The van der Waals surface area contributed by atoms with Crippen molar-refractivity contribution in [3.63, 3.8) is 0 Å². The van der Waals surface area contributed by atoms with Crippen LogP contribution in [0.25, 0.3) is 0 Å². The van der Waals surface area contributed by atoms with Crippen molar-refractivity contribution in [2.75, 3.05) is 0 Å². The van der Waals surface area contributed by atoms with Crippen molar-refractivity contribution in [2.24, 2.45) is 0 Å². The van der Waals surface area contributed by atoms with Gasteiger partial charge in [0, 0.05) is 6.54 Å². The van der Waals surface area contributed by atoms with Crippen LogP contribution in [0.15, 0.2) is 34.5 Å². The maximum atomic E-state index is 12.1. The lowest BCUT2D eigenvalue weighted by Gasteiger charge is -2.08. The molecule has 0 radical (unpaired) electrons. The summed E-state index contributed by atoms with van der Waals surface area (Å²) in [5, 5.41) is 9.21. The van der Waals surface area contributed by atoms with Gasteiger partial charge >= 0.3 is 0 Å². The average Bonchev–Trinajstić information content (AvgIpc) is 2.78. The largest absolute Gasteiger partial charge is 0.392 e. The quantitative estimate of drug-likeness (QED) is 0.885. The summed E-state index contributed by atoms with van der Waals surface area (Å²) in [5.74, 6) is 0. The van der Waals surface area contributed by atoms with Gasteiger partial charge in [0.05, 0.1) is 10.9 Å². The molecule has 20 heavy (non-hydrogen) atoms. The summed E-state index contributed by atoms with van der Waals surface area (Å²) >= 11 is 6.93. The summed E-state index contributed by atoms with van der Waals surface area (Å²) in [7, 11) is -3.58. The zero-order valence-electron chi connectivity index (χ0n) is 10.8. The highest BCUT2D eigenvalue weighted by molar-refractivity contribution is 7.91. The molecule has 1 heterocycles. The summed E-state index contributed by atoms with van der Waals surface area (Å²) < 4.78 is 27.5. The highest BCUT2D eigenvalue weighted by atomic mass is 35.5. The highest BCUT2D eigenvalue weighted by Crippen LogP contribution is 2.30. The molecular weight excluding hydrogens is 318 g/mol. The molecule has 0 spiro atoms. The molecule has 0 bridgehead atoms. The molecule has 0 amide bonds. The van der Waals surface area contributed by atoms with Crippen molar-refractivity contribution in [3.05, 3.63) is 51.4 Å². The van der Waals surface area contributed by atoms with Gasteiger partial charge in [0.2, 0.25) is 10.0 Å². The number of aliphatic hydroxyl groups is 1. The molecular formula is C13H14ClNO3S2. The molecule has 0 saturated carbocycles. The number of halogens is 1. The molecule has 0 unspecified atom stereocenters. The minimum Gasteiger partial charge on any atom is -0.392 e. The number of aliphatic hydroxyl groups excluding tert-OH is 1. The highest BCUT2D eigenvalue weighted by Gasteiger charge is 2.18. The van der Waals surface area contributed by atoms with Gasteiger partial charge in [-0.05, 0) is 29.7 Å². The van der Waals surface area contributed by atoms with Crippen molar-refractivity contribution in [2.45, 2.75) is 24.3 Å². The number of thiophene rings is 1. The maximum absolute atomic E-state index is 12.1. The zero-order valence-corrected chi connectivity index (χ0v) is 13.1. The molecule has 0 aliphatic rings. The number of sulfonamides is 1. The monoisotopic (exact) mass is 331 g/mol. The molecule has 0 saturated heterocycles. The van der Waals surface area contributed by atoms with Gasteiger partial charge < -0.3 is 5.11 Å². The fourth-order valence-corrected chi connectivity index (χ4v) is 4.45. The summed E-state index contributed by atoms with van der Waals surface area (Å²) in [6, 6.07) is 8.69. The summed E-state index contributed by atoms with van der Waals surface area (Å²) in [6.45, 7) is 1.77.